The van der Waals surface area contributed by atoms with E-state index in [1.165, 1.54) is 25.3 Å². The van der Waals surface area contributed by atoms with Crippen LogP contribution in [-0.2, 0) is 11.3 Å². The number of non-ortho nitro benzene ring substituents is 1. The summed E-state index contributed by atoms with van der Waals surface area (Å²) in [7, 11) is 1.42. The van der Waals surface area contributed by atoms with Gasteiger partial charge in [0.1, 0.15) is 0 Å². The summed E-state index contributed by atoms with van der Waals surface area (Å²) < 4.78 is 10.4. The smallest absolute Gasteiger partial charge is 0.273 e. The molecule has 2 aromatic carbocycles. The van der Waals surface area contributed by atoms with Gasteiger partial charge in [-0.1, -0.05) is 29.8 Å². The number of hydrogen-bond donors (Lipinski definition) is 1. The highest BCUT2D eigenvalue weighted by atomic mass is 16.6. The number of methoxy groups -OCH3 is 1. The number of ether oxygens (including phenoxy) is 2. The summed E-state index contributed by atoms with van der Waals surface area (Å²) in [5.41, 5.74) is 1.99. The van der Waals surface area contributed by atoms with Gasteiger partial charge in [0, 0.05) is 12.6 Å². The Morgan fingerprint density at radius 1 is 1.17 bits per heavy atom. The van der Waals surface area contributed by atoms with E-state index in [1.54, 1.807) is 0 Å². The lowest BCUT2D eigenvalue weighted by Crippen LogP contribution is -2.28. The van der Waals surface area contributed by atoms with Crippen molar-refractivity contribution >= 4 is 11.6 Å². The predicted octanol–water partition coefficient (Wildman–Crippen LogP) is 2.61. The summed E-state index contributed by atoms with van der Waals surface area (Å²) in [6.45, 7) is 2.11. The van der Waals surface area contributed by atoms with E-state index in [-0.39, 0.29) is 24.0 Å². The van der Waals surface area contributed by atoms with E-state index in [0.29, 0.717) is 12.3 Å². The molecular formula is C17H18N2O5. The molecule has 2 rings (SSSR count). The zero-order chi connectivity index (χ0) is 17.5. The second kappa shape index (κ2) is 7.96. The van der Waals surface area contributed by atoms with E-state index < -0.39 is 4.92 Å². The van der Waals surface area contributed by atoms with Crippen LogP contribution in [0, 0.1) is 17.0 Å². The van der Waals surface area contributed by atoms with Crippen LogP contribution in [-0.4, -0.2) is 24.5 Å². The molecule has 24 heavy (non-hydrogen) atoms. The van der Waals surface area contributed by atoms with Gasteiger partial charge in [0.2, 0.25) is 0 Å². The van der Waals surface area contributed by atoms with Crippen molar-refractivity contribution in [3.05, 3.63) is 63.7 Å². The van der Waals surface area contributed by atoms with Crippen molar-refractivity contribution in [1.82, 2.24) is 5.32 Å². The highest BCUT2D eigenvalue weighted by Gasteiger charge is 2.13. The molecule has 1 amide bonds. The number of nitrogens with zero attached hydrogens (tertiary/aromatic N) is 1. The van der Waals surface area contributed by atoms with Crippen LogP contribution >= 0.6 is 0 Å². The van der Waals surface area contributed by atoms with Gasteiger partial charge in [-0.3, -0.25) is 14.9 Å². The first-order valence-corrected chi connectivity index (χ1v) is 7.27. The van der Waals surface area contributed by atoms with Crippen LogP contribution in [0.4, 0.5) is 5.69 Å². The van der Waals surface area contributed by atoms with Crippen molar-refractivity contribution in [2.75, 3.05) is 13.7 Å². The Kier molecular flexibility index (Phi) is 5.73. The fraction of sp³-hybridized carbons (Fsp3) is 0.235. The average Bonchev–Trinajstić information content (AvgIpc) is 2.59. The SMILES string of the molecule is COc1ccc([N+](=O)[O-])cc1OCC(=O)NCc1ccc(C)cc1. The molecule has 1 N–H and O–H groups in total. The third-order valence-electron chi connectivity index (χ3n) is 3.33. The summed E-state index contributed by atoms with van der Waals surface area (Å²) in [4.78, 5) is 22.1. The van der Waals surface area contributed by atoms with E-state index >= 15 is 0 Å². The summed E-state index contributed by atoms with van der Waals surface area (Å²) in [5.74, 6) is 0.147. The monoisotopic (exact) mass is 330 g/mol. The molecule has 0 unspecified atom stereocenters. The van der Waals surface area contributed by atoms with Crippen molar-refractivity contribution in [1.29, 1.82) is 0 Å². The number of nitro groups is 1. The molecule has 0 saturated heterocycles. The highest BCUT2D eigenvalue weighted by Crippen LogP contribution is 2.30. The van der Waals surface area contributed by atoms with Gasteiger partial charge in [0.15, 0.2) is 18.1 Å². The molecule has 0 aliphatic rings. The molecule has 0 saturated carbocycles. The van der Waals surface area contributed by atoms with E-state index in [4.69, 9.17) is 9.47 Å². The third kappa shape index (κ3) is 4.70. The molecule has 0 fully saturated rings. The molecule has 7 nitrogen and oxygen atoms in total. The zero-order valence-corrected chi connectivity index (χ0v) is 13.4. The number of amides is 1. The van der Waals surface area contributed by atoms with Crippen molar-refractivity contribution in [3.63, 3.8) is 0 Å². The fourth-order valence-electron chi connectivity index (χ4n) is 1.99. The number of rotatable bonds is 7. The molecule has 2 aromatic rings. The van der Waals surface area contributed by atoms with Crippen LogP contribution in [0.2, 0.25) is 0 Å². The molecular weight excluding hydrogens is 312 g/mol. The largest absolute Gasteiger partial charge is 0.493 e. The first-order valence-electron chi connectivity index (χ1n) is 7.27. The van der Waals surface area contributed by atoms with Gasteiger partial charge in [0.25, 0.3) is 11.6 Å². The minimum absolute atomic E-state index is 0.133. The van der Waals surface area contributed by atoms with Gasteiger partial charge in [-0.25, -0.2) is 0 Å². The minimum atomic E-state index is -0.538. The third-order valence-corrected chi connectivity index (χ3v) is 3.33. The van der Waals surface area contributed by atoms with Gasteiger partial charge in [-0.15, -0.1) is 0 Å². The Morgan fingerprint density at radius 3 is 2.50 bits per heavy atom. The lowest BCUT2D eigenvalue weighted by molar-refractivity contribution is -0.385. The van der Waals surface area contributed by atoms with Crippen molar-refractivity contribution in [3.8, 4) is 11.5 Å². The molecule has 0 spiro atoms. The summed E-state index contributed by atoms with van der Waals surface area (Å²) >= 11 is 0. The summed E-state index contributed by atoms with van der Waals surface area (Å²) in [6, 6.07) is 11.8. The van der Waals surface area contributed by atoms with Crippen LogP contribution in [0.3, 0.4) is 0 Å². The van der Waals surface area contributed by atoms with Gasteiger partial charge in [0.05, 0.1) is 18.1 Å². The van der Waals surface area contributed by atoms with Crippen LogP contribution in [0.25, 0.3) is 0 Å². The fourth-order valence-corrected chi connectivity index (χ4v) is 1.99. The number of nitro benzene ring substituents is 1. The van der Waals surface area contributed by atoms with Crippen molar-refractivity contribution in [2.45, 2.75) is 13.5 Å². The lowest BCUT2D eigenvalue weighted by Gasteiger charge is -2.10. The molecule has 7 heteroatoms. The molecule has 0 aromatic heterocycles. The zero-order valence-electron chi connectivity index (χ0n) is 13.4. The number of benzene rings is 2. The number of hydrogen-bond acceptors (Lipinski definition) is 5. The highest BCUT2D eigenvalue weighted by molar-refractivity contribution is 5.77. The second-order valence-electron chi connectivity index (χ2n) is 5.14. The van der Waals surface area contributed by atoms with E-state index in [0.717, 1.165) is 11.1 Å². The van der Waals surface area contributed by atoms with Gasteiger partial charge < -0.3 is 14.8 Å². The first kappa shape index (κ1) is 17.3. The average molecular weight is 330 g/mol. The Balaban J connectivity index is 1.92. The van der Waals surface area contributed by atoms with Gasteiger partial charge in [-0.2, -0.15) is 0 Å². The molecule has 0 radical (unpaired) electrons. The standard InChI is InChI=1S/C17H18N2O5/c1-12-3-5-13(6-4-12)10-18-17(20)11-24-16-9-14(19(21)22)7-8-15(16)23-2/h3-9H,10-11H2,1-2H3,(H,18,20). The molecule has 0 heterocycles. The van der Waals surface area contributed by atoms with Crippen molar-refractivity contribution in [2.24, 2.45) is 0 Å². The maximum Gasteiger partial charge on any atom is 0.273 e. The van der Waals surface area contributed by atoms with E-state index in [1.807, 2.05) is 31.2 Å². The molecule has 126 valence electrons. The van der Waals surface area contributed by atoms with Crippen LogP contribution in [0.1, 0.15) is 11.1 Å². The van der Waals surface area contributed by atoms with E-state index in [2.05, 4.69) is 5.32 Å². The second-order valence-corrected chi connectivity index (χ2v) is 5.14. The Labute approximate surface area is 139 Å². The van der Waals surface area contributed by atoms with Crippen LogP contribution < -0.4 is 14.8 Å². The number of aryl methyl sites for hydroxylation is 1. The van der Waals surface area contributed by atoms with Gasteiger partial charge >= 0.3 is 0 Å². The van der Waals surface area contributed by atoms with Crippen LogP contribution in [0.5, 0.6) is 11.5 Å². The first-order chi connectivity index (χ1) is 11.5. The molecule has 0 aliphatic heterocycles. The Hall–Kier alpha value is -3.09. The summed E-state index contributed by atoms with van der Waals surface area (Å²) in [6.07, 6.45) is 0. The number of carbonyl (C=O) groups excluding carboxylic acids is 1. The van der Waals surface area contributed by atoms with Crippen molar-refractivity contribution < 1.29 is 19.2 Å². The topological polar surface area (TPSA) is 90.7 Å². The van der Waals surface area contributed by atoms with E-state index in [9.17, 15) is 14.9 Å². The minimum Gasteiger partial charge on any atom is -0.493 e. The van der Waals surface area contributed by atoms with Crippen LogP contribution in [0.15, 0.2) is 42.5 Å². The number of carbonyl (C=O) groups is 1. The summed E-state index contributed by atoms with van der Waals surface area (Å²) in [5, 5.41) is 13.5. The normalized spacial score (nSPS) is 10.1. The predicted molar refractivity (Wildman–Crippen MR) is 88.2 cm³/mol. The Bertz CT molecular complexity index is 728. The molecule has 0 aliphatic carbocycles. The number of nitrogens with one attached hydrogen (secondary N) is 1. The Morgan fingerprint density at radius 2 is 1.88 bits per heavy atom. The maximum atomic E-state index is 11.9. The lowest BCUT2D eigenvalue weighted by atomic mass is 10.1. The molecule has 0 bridgehead atoms. The van der Waals surface area contributed by atoms with Gasteiger partial charge in [-0.05, 0) is 18.6 Å². The molecule has 0 atom stereocenters. The maximum absolute atomic E-state index is 11.9. The quantitative estimate of drug-likeness (QED) is 0.622.